The molecule has 0 bridgehead atoms. The van der Waals surface area contributed by atoms with Crippen LogP contribution in [-0.4, -0.2) is 40.9 Å². The minimum atomic E-state index is -0.574. The van der Waals surface area contributed by atoms with Gasteiger partial charge in [0.15, 0.2) is 17.5 Å². The molecule has 0 aliphatic carbocycles. The summed E-state index contributed by atoms with van der Waals surface area (Å²) in [5.41, 5.74) is 4.03. The SMILES string of the molecule is CCOc1ccc(C(CNC(=O)C(c2ccccc2)n2cccn2)c2c[nH]c3ccccc23)cc1OC. The van der Waals surface area contributed by atoms with E-state index in [0.717, 1.165) is 27.6 Å². The van der Waals surface area contributed by atoms with Crippen molar-refractivity contribution in [2.75, 3.05) is 20.3 Å². The molecule has 188 valence electrons. The molecule has 0 saturated heterocycles. The monoisotopic (exact) mass is 494 g/mol. The Hall–Kier alpha value is -4.52. The van der Waals surface area contributed by atoms with Gasteiger partial charge in [-0.15, -0.1) is 0 Å². The molecule has 2 unspecified atom stereocenters. The van der Waals surface area contributed by atoms with E-state index in [1.807, 2.05) is 86.0 Å². The van der Waals surface area contributed by atoms with E-state index in [1.54, 1.807) is 18.0 Å². The molecule has 5 rings (SSSR count). The lowest BCUT2D eigenvalue weighted by molar-refractivity contribution is -0.123. The number of aromatic nitrogens is 3. The van der Waals surface area contributed by atoms with Crippen LogP contribution < -0.4 is 14.8 Å². The molecule has 37 heavy (non-hydrogen) atoms. The van der Waals surface area contributed by atoms with Gasteiger partial charge in [0.1, 0.15) is 0 Å². The predicted molar refractivity (Wildman–Crippen MR) is 144 cm³/mol. The fraction of sp³-hybridized carbons (Fsp3) is 0.200. The first-order valence-electron chi connectivity index (χ1n) is 12.4. The Labute approximate surface area is 216 Å². The molecule has 0 aliphatic heterocycles. The van der Waals surface area contributed by atoms with Crippen molar-refractivity contribution in [2.24, 2.45) is 0 Å². The minimum Gasteiger partial charge on any atom is -0.493 e. The van der Waals surface area contributed by atoms with Crippen LogP contribution in [0.15, 0.2) is 97.5 Å². The van der Waals surface area contributed by atoms with E-state index in [9.17, 15) is 4.79 Å². The summed E-state index contributed by atoms with van der Waals surface area (Å²) in [6, 6.07) is 25.1. The van der Waals surface area contributed by atoms with Crippen molar-refractivity contribution in [3.63, 3.8) is 0 Å². The number of benzene rings is 3. The van der Waals surface area contributed by atoms with Gasteiger partial charge in [0.05, 0.1) is 13.7 Å². The van der Waals surface area contributed by atoms with Gasteiger partial charge in [-0.25, -0.2) is 0 Å². The average Bonchev–Trinajstić information content (AvgIpc) is 3.61. The maximum absolute atomic E-state index is 13.6. The summed E-state index contributed by atoms with van der Waals surface area (Å²) in [5.74, 6) is 1.10. The number of hydrogen-bond acceptors (Lipinski definition) is 4. The van der Waals surface area contributed by atoms with E-state index in [2.05, 4.69) is 27.5 Å². The van der Waals surface area contributed by atoms with Gasteiger partial charge in [0.2, 0.25) is 5.91 Å². The predicted octanol–water partition coefficient (Wildman–Crippen LogP) is 5.31. The number of carbonyl (C=O) groups is 1. The first kappa shape index (κ1) is 24.2. The number of rotatable bonds is 10. The highest BCUT2D eigenvalue weighted by molar-refractivity contribution is 5.85. The van der Waals surface area contributed by atoms with E-state index < -0.39 is 6.04 Å². The molecule has 2 atom stereocenters. The second kappa shape index (κ2) is 11.0. The fourth-order valence-electron chi connectivity index (χ4n) is 4.76. The molecule has 0 saturated carbocycles. The van der Waals surface area contributed by atoms with Crippen molar-refractivity contribution in [2.45, 2.75) is 18.9 Å². The van der Waals surface area contributed by atoms with Crippen molar-refractivity contribution in [1.82, 2.24) is 20.1 Å². The highest BCUT2D eigenvalue weighted by atomic mass is 16.5. The van der Waals surface area contributed by atoms with E-state index in [-0.39, 0.29) is 11.8 Å². The van der Waals surface area contributed by atoms with Crippen LogP contribution in [0.25, 0.3) is 10.9 Å². The molecule has 1 amide bonds. The van der Waals surface area contributed by atoms with Crippen LogP contribution in [0.5, 0.6) is 11.5 Å². The Balaban J connectivity index is 1.50. The zero-order valence-corrected chi connectivity index (χ0v) is 20.9. The number of amides is 1. The molecular formula is C30H30N4O3. The normalized spacial score (nSPS) is 12.7. The minimum absolute atomic E-state index is 0.126. The van der Waals surface area contributed by atoms with Crippen LogP contribution in [0.1, 0.15) is 35.6 Å². The maximum atomic E-state index is 13.6. The molecule has 5 aromatic rings. The summed E-state index contributed by atoms with van der Waals surface area (Å²) in [7, 11) is 1.64. The standard InChI is InChI=1S/C30H30N4O3/c1-3-37-27-15-14-22(18-28(27)36-2)24(25-20-31-26-13-8-7-12-23(25)26)19-32-30(35)29(34-17-9-16-33-34)21-10-5-4-6-11-21/h4-18,20,24,29,31H,3,19H2,1-2H3,(H,32,35). The number of carbonyl (C=O) groups excluding carboxylic acids is 1. The molecule has 0 aliphatic rings. The largest absolute Gasteiger partial charge is 0.493 e. The lowest BCUT2D eigenvalue weighted by Crippen LogP contribution is -2.36. The van der Waals surface area contributed by atoms with E-state index in [1.165, 1.54) is 0 Å². The van der Waals surface area contributed by atoms with Crippen molar-refractivity contribution < 1.29 is 14.3 Å². The number of para-hydroxylation sites is 1. The Morgan fingerprint density at radius 2 is 1.81 bits per heavy atom. The summed E-state index contributed by atoms with van der Waals surface area (Å²) >= 11 is 0. The van der Waals surface area contributed by atoms with Crippen LogP contribution in [-0.2, 0) is 4.79 Å². The van der Waals surface area contributed by atoms with Crippen molar-refractivity contribution in [3.05, 3.63) is 114 Å². The zero-order chi connectivity index (χ0) is 25.6. The summed E-state index contributed by atoms with van der Waals surface area (Å²) < 4.78 is 13.1. The Morgan fingerprint density at radius 1 is 1.00 bits per heavy atom. The molecule has 0 spiro atoms. The third-order valence-corrected chi connectivity index (χ3v) is 6.52. The quantitative estimate of drug-likeness (QED) is 0.276. The Kier molecular flexibility index (Phi) is 7.21. The van der Waals surface area contributed by atoms with Gasteiger partial charge in [-0.2, -0.15) is 5.10 Å². The number of aromatic amines is 1. The van der Waals surface area contributed by atoms with E-state index in [0.29, 0.717) is 24.7 Å². The van der Waals surface area contributed by atoms with Crippen molar-refractivity contribution in [1.29, 1.82) is 0 Å². The number of nitrogens with zero attached hydrogens (tertiary/aromatic N) is 2. The Bertz CT molecular complexity index is 1460. The molecule has 7 nitrogen and oxygen atoms in total. The van der Waals surface area contributed by atoms with Gasteiger partial charge in [-0.1, -0.05) is 54.6 Å². The van der Waals surface area contributed by atoms with Gasteiger partial charge in [-0.05, 0) is 47.9 Å². The highest BCUT2D eigenvalue weighted by Gasteiger charge is 2.26. The summed E-state index contributed by atoms with van der Waals surface area (Å²) in [5, 5.41) is 8.69. The van der Waals surface area contributed by atoms with Crippen LogP contribution in [0.3, 0.4) is 0 Å². The molecule has 0 fully saturated rings. The van der Waals surface area contributed by atoms with Crippen LogP contribution >= 0.6 is 0 Å². The van der Waals surface area contributed by atoms with E-state index >= 15 is 0 Å². The van der Waals surface area contributed by atoms with Gasteiger partial charge in [0, 0.05) is 42.0 Å². The van der Waals surface area contributed by atoms with Gasteiger partial charge in [-0.3, -0.25) is 9.48 Å². The second-order valence-corrected chi connectivity index (χ2v) is 8.73. The summed E-state index contributed by atoms with van der Waals surface area (Å²) in [4.78, 5) is 17.0. The third kappa shape index (κ3) is 5.07. The number of nitrogens with one attached hydrogen (secondary N) is 2. The van der Waals surface area contributed by atoms with Gasteiger partial charge in [0.25, 0.3) is 0 Å². The molecule has 2 N–H and O–H groups in total. The smallest absolute Gasteiger partial charge is 0.249 e. The van der Waals surface area contributed by atoms with Gasteiger partial charge >= 0.3 is 0 Å². The zero-order valence-electron chi connectivity index (χ0n) is 20.9. The second-order valence-electron chi connectivity index (χ2n) is 8.73. The summed E-state index contributed by atoms with van der Waals surface area (Å²) in [6.45, 7) is 2.88. The molecule has 7 heteroatoms. The third-order valence-electron chi connectivity index (χ3n) is 6.52. The van der Waals surface area contributed by atoms with Crippen LogP contribution in [0.2, 0.25) is 0 Å². The molecule has 3 aromatic carbocycles. The lowest BCUT2D eigenvalue weighted by atomic mass is 9.90. The van der Waals surface area contributed by atoms with Crippen molar-refractivity contribution in [3.8, 4) is 11.5 Å². The molecule has 0 radical (unpaired) electrons. The first-order chi connectivity index (χ1) is 18.2. The van der Waals surface area contributed by atoms with Crippen LogP contribution in [0.4, 0.5) is 0 Å². The number of methoxy groups -OCH3 is 1. The lowest BCUT2D eigenvalue weighted by Gasteiger charge is -2.23. The maximum Gasteiger partial charge on any atom is 0.249 e. The van der Waals surface area contributed by atoms with Gasteiger partial charge < -0.3 is 19.8 Å². The highest BCUT2D eigenvalue weighted by Crippen LogP contribution is 2.36. The molecule has 2 aromatic heterocycles. The Morgan fingerprint density at radius 3 is 2.57 bits per heavy atom. The number of H-pyrrole nitrogens is 1. The molecular weight excluding hydrogens is 464 g/mol. The summed E-state index contributed by atoms with van der Waals surface area (Å²) in [6.07, 6.45) is 5.52. The average molecular weight is 495 g/mol. The molecule has 2 heterocycles. The topological polar surface area (TPSA) is 81.2 Å². The number of hydrogen-bond donors (Lipinski definition) is 2. The number of ether oxygens (including phenoxy) is 2. The number of fused-ring (bicyclic) bond motifs is 1. The van der Waals surface area contributed by atoms with Crippen molar-refractivity contribution >= 4 is 16.8 Å². The van der Waals surface area contributed by atoms with Crippen LogP contribution in [0, 0.1) is 0 Å². The fourth-order valence-corrected chi connectivity index (χ4v) is 4.76. The van der Waals surface area contributed by atoms with E-state index in [4.69, 9.17) is 9.47 Å². The first-order valence-corrected chi connectivity index (χ1v) is 12.4.